The topological polar surface area (TPSA) is 62.7 Å². The molecule has 32 heavy (non-hydrogen) atoms. The van der Waals surface area contributed by atoms with E-state index in [1.807, 2.05) is 4.90 Å². The number of piperazine rings is 1. The Balaban J connectivity index is 1.27. The molecule has 1 saturated heterocycles. The van der Waals surface area contributed by atoms with Gasteiger partial charge in [-0.25, -0.2) is 4.39 Å². The van der Waals surface area contributed by atoms with E-state index in [1.165, 1.54) is 37.2 Å². The van der Waals surface area contributed by atoms with Crippen LogP contribution in [-0.2, 0) is 9.59 Å². The van der Waals surface area contributed by atoms with Crippen molar-refractivity contribution >= 4 is 17.9 Å². The molecule has 0 radical (unpaired) electrons. The third-order valence-electron chi connectivity index (χ3n) is 6.12. The fraction of sp³-hybridized carbons (Fsp3) is 0.400. The first-order chi connectivity index (χ1) is 15.6. The van der Waals surface area contributed by atoms with E-state index >= 15 is 0 Å². The molecule has 2 heterocycles. The van der Waals surface area contributed by atoms with E-state index < -0.39 is 5.82 Å². The Kier molecular flexibility index (Phi) is 7.14. The second-order valence-corrected chi connectivity index (χ2v) is 8.37. The van der Waals surface area contributed by atoms with E-state index in [4.69, 9.17) is 4.74 Å². The molecule has 1 aliphatic carbocycles. The number of hydrogen-bond donors (Lipinski definition) is 0. The Morgan fingerprint density at radius 2 is 1.84 bits per heavy atom. The number of halogens is 1. The third kappa shape index (κ3) is 5.72. The maximum atomic E-state index is 14.4. The van der Waals surface area contributed by atoms with Crippen molar-refractivity contribution in [3.8, 4) is 11.5 Å². The highest BCUT2D eigenvalue weighted by Gasteiger charge is 2.26. The first-order valence-electron chi connectivity index (χ1n) is 11.2. The second-order valence-electron chi connectivity index (χ2n) is 8.37. The van der Waals surface area contributed by atoms with Crippen LogP contribution in [0.4, 0.5) is 4.39 Å². The molecule has 2 fully saturated rings. The Morgan fingerprint density at radius 1 is 1.09 bits per heavy atom. The molecule has 0 atom stereocenters. The minimum Gasteiger partial charge on any atom is -0.453 e. The monoisotopic (exact) mass is 437 g/mol. The second kappa shape index (κ2) is 10.4. The first kappa shape index (κ1) is 22.0. The molecule has 168 valence electrons. The molecule has 1 aromatic heterocycles. The Bertz CT molecular complexity index is 966. The van der Waals surface area contributed by atoms with E-state index in [2.05, 4.69) is 4.98 Å². The van der Waals surface area contributed by atoms with Gasteiger partial charge >= 0.3 is 0 Å². The lowest BCUT2D eigenvalue weighted by Crippen LogP contribution is -2.50. The van der Waals surface area contributed by atoms with Gasteiger partial charge in [0.2, 0.25) is 11.8 Å². The van der Waals surface area contributed by atoms with Crippen molar-refractivity contribution in [2.24, 2.45) is 5.92 Å². The van der Waals surface area contributed by atoms with E-state index in [-0.39, 0.29) is 17.6 Å². The fourth-order valence-corrected chi connectivity index (χ4v) is 4.28. The van der Waals surface area contributed by atoms with Gasteiger partial charge in [0.15, 0.2) is 11.6 Å². The zero-order valence-corrected chi connectivity index (χ0v) is 18.1. The summed E-state index contributed by atoms with van der Waals surface area (Å²) in [6, 6.07) is 7.96. The van der Waals surface area contributed by atoms with Crippen LogP contribution in [0.5, 0.6) is 11.5 Å². The van der Waals surface area contributed by atoms with Gasteiger partial charge in [0.25, 0.3) is 0 Å². The van der Waals surface area contributed by atoms with E-state index in [0.29, 0.717) is 49.8 Å². The van der Waals surface area contributed by atoms with Gasteiger partial charge < -0.3 is 14.5 Å². The van der Waals surface area contributed by atoms with Crippen LogP contribution in [0.3, 0.4) is 0 Å². The average molecular weight is 438 g/mol. The molecule has 4 rings (SSSR count). The number of carbonyl (C=O) groups excluding carboxylic acids is 2. The van der Waals surface area contributed by atoms with Gasteiger partial charge in [-0.3, -0.25) is 14.6 Å². The van der Waals surface area contributed by atoms with Gasteiger partial charge in [0.05, 0.1) is 6.20 Å². The summed E-state index contributed by atoms with van der Waals surface area (Å²) in [5.74, 6) is 0.641. The zero-order valence-electron chi connectivity index (χ0n) is 18.1. The maximum absolute atomic E-state index is 14.4. The lowest BCUT2D eigenvalue weighted by Gasteiger charge is -2.34. The van der Waals surface area contributed by atoms with Gasteiger partial charge in [-0.2, -0.15) is 0 Å². The number of rotatable bonds is 6. The molecule has 2 aliphatic rings. The summed E-state index contributed by atoms with van der Waals surface area (Å²) < 4.78 is 19.9. The van der Waals surface area contributed by atoms with Gasteiger partial charge in [-0.15, -0.1) is 0 Å². The van der Waals surface area contributed by atoms with Crippen LogP contribution in [0.25, 0.3) is 6.08 Å². The van der Waals surface area contributed by atoms with Crippen LogP contribution in [-0.4, -0.2) is 52.8 Å². The highest BCUT2D eigenvalue weighted by molar-refractivity contribution is 5.92. The van der Waals surface area contributed by atoms with Crippen LogP contribution < -0.4 is 4.74 Å². The summed E-state index contributed by atoms with van der Waals surface area (Å²) in [5, 5.41) is 0. The molecular weight excluding hydrogens is 409 g/mol. The van der Waals surface area contributed by atoms with Crippen LogP contribution in [0, 0.1) is 11.7 Å². The molecular formula is C25H28FN3O3. The van der Waals surface area contributed by atoms with Crippen LogP contribution in [0.15, 0.2) is 48.8 Å². The molecule has 0 N–H and O–H groups in total. The van der Waals surface area contributed by atoms with Gasteiger partial charge in [-0.1, -0.05) is 18.9 Å². The van der Waals surface area contributed by atoms with Crippen molar-refractivity contribution in [3.63, 3.8) is 0 Å². The molecule has 0 unspecified atom stereocenters. The Hall–Kier alpha value is -3.22. The third-order valence-corrected chi connectivity index (χ3v) is 6.12. The Labute approximate surface area is 187 Å². The summed E-state index contributed by atoms with van der Waals surface area (Å²) in [5.41, 5.74) is 0.569. The molecule has 1 aliphatic heterocycles. The molecule has 0 bridgehead atoms. The van der Waals surface area contributed by atoms with Crippen molar-refractivity contribution < 1.29 is 18.7 Å². The molecule has 2 aromatic rings. The lowest BCUT2D eigenvalue weighted by atomic mass is 10.0. The highest BCUT2D eigenvalue weighted by atomic mass is 19.1. The normalized spacial score (nSPS) is 17.2. The van der Waals surface area contributed by atoms with Crippen molar-refractivity contribution in [2.45, 2.75) is 32.1 Å². The minimum atomic E-state index is -0.516. The standard InChI is InChI=1S/C25H28FN3O3/c26-22-16-20(7-9-23(22)32-21-6-3-11-27-18-21)8-10-24(30)28-12-14-29(15-13-28)25(31)17-19-4-1-2-5-19/h3,6-11,16,18-19H,1-2,4-5,12-15,17H2/b10-8+. The van der Waals surface area contributed by atoms with E-state index in [1.54, 1.807) is 35.4 Å². The smallest absolute Gasteiger partial charge is 0.246 e. The average Bonchev–Trinajstić information content (AvgIpc) is 3.33. The minimum absolute atomic E-state index is 0.0971. The maximum Gasteiger partial charge on any atom is 0.246 e. The summed E-state index contributed by atoms with van der Waals surface area (Å²) in [7, 11) is 0. The number of pyridine rings is 1. The molecule has 6 nitrogen and oxygen atoms in total. The molecule has 2 amide bonds. The molecule has 1 aromatic carbocycles. The quantitative estimate of drug-likeness (QED) is 0.633. The van der Waals surface area contributed by atoms with Gasteiger partial charge in [0.1, 0.15) is 5.75 Å². The SMILES string of the molecule is O=C(/C=C/c1ccc(Oc2cccnc2)c(F)c1)N1CCN(C(=O)CC2CCCC2)CC1. The number of amides is 2. The molecule has 0 spiro atoms. The Morgan fingerprint density at radius 3 is 2.53 bits per heavy atom. The van der Waals surface area contributed by atoms with Crippen molar-refractivity contribution in [1.82, 2.24) is 14.8 Å². The number of ether oxygens (including phenoxy) is 1. The van der Waals surface area contributed by atoms with Gasteiger partial charge in [0, 0.05) is 44.9 Å². The molecule has 1 saturated carbocycles. The highest BCUT2D eigenvalue weighted by Crippen LogP contribution is 2.28. The lowest BCUT2D eigenvalue weighted by molar-refractivity contribution is -0.137. The molecule has 7 heteroatoms. The van der Waals surface area contributed by atoms with Crippen LogP contribution in [0.2, 0.25) is 0 Å². The predicted octanol–water partition coefficient (Wildman–Crippen LogP) is 4.28. The number of benzene rings is 1. The summed E-state index contributed by atoms with van der Waals surface area (Å²) >= 11 is 0. The van der Waals surface area contributed by atoms with Crippen LogP contribution in [0.1, 0.15) is 37.7 Å². The number of carbonyl (C=O) groups is 2. The van der Waals surface area contributed by atoms with Gasteiger partial charge in [-0.05, 0) is 54.7 Å². The largest absolute Gasteiger partial charge is 0.453 e. The zero-order chi connectivity index (χ0) is 22.3. The summed E-state index contributed by atoms with van der Waals surface area (Å²) in [6.45, 7) is 2.18. The van der Waals surface area contributed by atoms with E-state index in [9.17, 15) is 14.0 Å². The predicted molar refractivity (Wildman–Crippen MR) is 119 cm³/mol. The summed E-state index contributed by atoms with van der Waals surface area (Å²) in [4.78, 5) is 32.5. The summed E-state index contributed by atoms with van der Waals surface area (Å²) in [6.07, 6.45) is 11.6. The van der Waals surface area contributed by atoms with Crippen molar-refractivity contribution in [1.29, 1.82) is 0 Å². The number of hydrogen-bond acceptors (Lipinski definition) is 4. The van der Waals surface area contributed by atoms with Crippen molar-refractivity contribution in [2.75, 3.05) is 26.2 Å². The van der Waals surface area contributed by atoms with Crippen molar-refractivity contribution in [3.05, 3.63) is 60.2 Å². The first-order valence-corrected chi connectivity index (χ1v) is 11.2. The fourth-order valence-electron chi connectivity index (χ4n) is 4.28. The number of nitrogens with zero attached hydrogens (tertiary/aromatic N) is 3. The van der Waals surface area contributed by atoms with E-state index in [0.717, 1.165) is 12.8 Å². The number of aromatic nitrogens is 1. The van der Waals surface area contributed by atoms with Crippen LogP contribution >= 0.6 is 0 Å².